The van der Waals surface area contributed by atoms with Crippen LogP contribution < -0.4 is 4.72 Å². The van der Waals surface area contributed by atoms with E-state index in [0.717, 1.165) is 22.6 Å². The van der Waals surface area contributed by atoms with Crippen LogP contribution in [0.25, 0.3) is 5.69 Å². The van der Waals surface area contributed by atoms with Crippen LogP contribution in [0.3, 0.4) is 0 Å². The summed E-state index contributed by atoms with van der Waals surface area (Å²) in [6.07, 6.45) is 5.22. The van der Waals surface area contributed by atoms with Gasteiger partial charge in [-0.2, -0.15) is 0 Å². The lowest BCUT2D eigenvalue weighted by Gasteiger charge is -2.07. The monoisotopic (exact) mass is 387 g/mol. The van der Waals surface area contributed by atoms with Crippen LogP contribution in [0.15, 0.2) is 53.9 Å². The summed E-state index contributed by atoms with van der Waals surface area (Å²) in [7, 11) is -3.69. The SMILES string of the molecule is O=S(=O)(NCc1ccc(-n2ccnc2)cc1)c1cc(Cl)sc1Cl. The van der Waals surface area contributed by atoms with Crippen LogP contribution in [0, 0.1) is 0 Å². The van der Waals surface area contributed by atoms with E-state index < -0.39 is 10.0 Å². The highest BCUT2D eigenvalue weighted by molar-refractivity contribution is 7.89. The fraction of sp³-hybridized carbons (Fsp3) is 0.0714. The first kappa shape index (κ1) is 16.5. The summed E-state index contributed by atoms with van der Waals surface area (Å²) in [5.74, 6) is 0. The summed E-state index contributed by atoms with van der Waals surface area (Å²) in [5.41, 5.74) is 1.77. The van der Waals surface area contributed by atoms with E-state index in [1.165, 1.54) is 6.07 Å². The van der Waals surface area contributed by atoms with Crippen LogP contribution in [0.2, 0.25) is 8.67 Å². The molecule has 0 saturated carbocycles. The van der Waals surface area contributed by atoms with Gasteiger partial charge < -0.3 is 4.57 Å². The number of rotatable bonds is 5. The van der Waals surface area contributed by atoms with Crippen molar-refractivity contribution in [3.8, 4) is 5.69 Å². The summed E-state index contributed by atoms with van der Waals surface area (Å²) in [4.78, 5) is 3.99. The third kappa shape index (κ3) is 3.76. The number of hydrogen-bond acceptors (Lipinski definition) is 4. The van der Waals surface area contributed by atoms with Crippen molar-refractivity contribution in [3.05, 3.63) is 63.3 Å². The number of thiophene rings is 1. The average molecular weight is 388 g/mol. The lowest BCUT2D eigenvalue weighted by Crippen LogP contribution is -2.23. The van der Waals surface area contributed by atoms with Crippen molar-refractivity contribution in [2.75, 3.05) is 0 Å². The van der Waals surface area contributed by atoms with Crippen molar-refractivity contribution in [1.29, 1.82) is 0 Å². The molecule has 23 heavy (non-hydrogen) atoms. The molecule has 0 atom stereocenters. The van der Waals surface area contributed by atoms with Gasteiger partial charge in [0.2, 0.25) is 10.0 Å². The van der Waals surface area contributed by atoms with Crippen molar-refractivity contribution >= 4 is 44.6 Å². The fourth-order valence-electron chi connectivity index (χ4n) is 1.96. The number of benzene rings is 1. The average Bonchev–Trinajstić information content (AvgIpc) is 3.16. The molecule has 0 spiro atoms. The van der Waals surface area contributed by atoms with E-state index in [1.807, 2.05) is 35.0 Å². The lowest BCUT2D eigenvalue weighted by molar-refractivity contribution is 0.582. The van der Waals surface area contributed by atoms with Gasteiger partial charge in [-0.1, -0.05) is 35.3 Å². The topological polar surface area (TPSA) is 64.0 Å². The van der Waals surface area contributed by atoms with Gasteiger partial charge in [-0.15, -0.1) is 11.3 Å². The quantitative estimate of drug-likeness (QED) is 0.725. The molecule has 0 aliphatic carbocycles. The van der Waals surface area contributed by atoms with Gasteiger partial charge in [-0.25, -0.2) is 18.1 Å². The van der Waals surface area contributed by atoms with Crippen LogP contribution in [-0.4, -0.2) is 18.0 Å². The minimum Gasteiger partial charge on any atom is -0.306 e. The highest BCUT2D eigenvalue weighted by atomic mass is 35.5. The van der Waals surface area contributed by atoms with Crippen LogP contribution in [-0.2, 0) is 16.6 Å². The number of sulfonamides is 1. The Hall–Kier alpha value is -1.38. The maximum absolute atomic E-state index is 12.2. The van der Waals surface area contributed by atoms with E-state index in [2.05, 4.69) is 9.71 Å². The van der Waals surface area contributed by atoms with Gasteiger partial charge in [0.15, 0.2) is 0 Å². The van der Waals surface area contributed by atoms with E-state index in [0.29, 0.717) is 4.34 Å². The molecule has 0 bridgehead atoms. The maximum Gasteiger partial charge on any atom is 0.243 e. The van der Waals surface area contributed by atoms with Gasteiger partial charge in [0.25, 0.3) is 0 Å². The van der Waals surface area contributed by atoms with Crippen LogP contribution in [0.5, 0.6) is 0 Å². The zero-order chi connectivity index (χ0) is 16.4. The van der Waals surface area contributed by atoms with Crippen LogP contribution >= 0.6 is 34.5 Å². The molecule has 9 heteroatoms. The Morgan fingerprint density at radius 1 is 1.22 bits per heavy atom. The molecular formula is C14H11Cl2N3O2S2. The molecule has 2 aromatic heterocycles. The van der Waals surface area contributed by atoms with Crippen molar-refractivity contribution in [2.45, 2.75) is 11.4 Å². The highest BCUT2D eigenvalue weighted by Crippen LogP contribution is 2.34. The number of nitrogens with one attached hydrogen (secondary N) is 1. The molecular weight excluding hydrogens is 377 g/mol. The van der Waals surface area contributed by atoms with E-state index in [9.17, 15) is 8.42 Å². The third-order valence-corrected chi connectivity index (χ3v) is 6.27. The number of aromatic nitrogens is 2. The van der Waals surface area contributed by atoms with Crippen molar-refractivity contribution in [3.63, 3.8) is 0 Å². The Morgan fingerprint density at radius 3 is 2.52 bits per heavy atom. The van der Waals surface area contributed by atoms with E-state index in [4.69, 9.17) is 23.2 Å². The molecule has 0 aliphatic rings. The predicted octanol–water partition coefficient (Wildman–Crippen LogP) is 3.72. The number of imidazole rings is 1. The summed E-state index contributed by atoms with van der Waals surface area (Å²) < 4.78 is 29.3. The van der Waals surface area contributed by atoms with Crippen molar-refractivity contribution < 1.29 is 8.42 Å². The zero-order valence-electron chi connectivity index (χ0n) is 11.6. The summed E-state index contributed by atoms with van der Waals surface area (Å²) >= 11 is 12.7. The predicted molar refractivity (Wildman–Crippen MR) is 91.9 cm³/mol. The number of halogens is 2. The number of hydrogen-bond donors (Lipinski definition) is 1. The third-order valence-electron chi connectivity index (χ3n) is 3.12. The molecule has 0 fully saturated rings. The first-order valence-corrected chi connectivity index (χ1v) is 9.53. The first-order valence-electron chi connectivity index (χ1n) is 6.47. The molecule has 0 saturated heterocycles. The standard InChI is InChI=1S/C14H11Cl2N3O2S2/c15-13-7-12(14(16)22-13)23(20,21)18-8-10-1-3-11(4-2-10)19-6-5-17-9-19/h1-7,9,18H,8H2. The normalized spacial score (nSPS) is 11.7. The zero-order valence-corrected chi connectivity index (χ0v) is 14.8. The van der Waals surface area contributed by atoms with Crippen LogP contribution in [0.1, 0.15) is 5.56 Å². The smallest absolute Gasteiger partial charge is 0.243 e. The van der Waals surface area contributed by atoms with E-state index in [-0.39, 0.29) is 15.8 Å². The Bertz CT molecular complexity index is 904. The molecule has 1 N–H and O–H groups in total. The summed E-state index contributed by atoms with van der Waals surface area (Å²) in [5, 5.41) is 0. The Morgan fingerprint density at radius 2 is 1.96 bits per heavy atom. The minimum absolute atomic E-state index is 0.00389. The molecule has 0 radical (unpaired) electrons. The summed E-state index contributed by atoms with van der Waals surface area (Å²) in [6, 6.07) is 8.82. The minimum atomic E-state index is -3.69. The fourth-order valence-corrected chi connectivity index (χ4v) is 5.13. The molecule has 3 rings (SSSR count). The Balaban J connectivity index is 1.72. The maximum atomic E-state index is 12.2. The second kappa shape index (κ2) is 6.62. The van der Waals surface area contributed by atoms with Gasteiger partial charge in [-0.3, -0.25) is 0 Å². The molecule has 1 aromatic carbocycles. The molecule has 0 unspecified atom stereocenters. The Kier molecular flexibility index (Phi) is 4.74. The van der Waals surface area contributed by atoms with Crippen molar-refractivity contribution in [1.82, 2.24) is 14.3 Å². The lowest BCUT2D eigenvalue weighted by atomic mass is 10.2. The molecule has 3 aromatic rings. The van der Waals surface area contributed by atoms with Gasteiger partial charge >= 0.3 is 0 Å². The van der Waals surface area contributed by atoms with Gasteiger partial charge in [-0.05, 0) is 23.8 Å². The van der Waals surface area contributed by atoms with Crippen LogP contribution in [0.4, 0.5) is 0 Å². The van der Waals surface area contributed by atoms with Gasteiger partial charge in [0.05, 0.1) is 10.7 Å². The molecule has 2 heterocycles. The second-order valence-electron chi connectivity index (χ2n) is 4.65. The molecule has 0 amide bonds. The van der Waals surface area contributed by atoms with Crippen molar-refractivity contribution in [2.24, 2.45) is 0 Å². The Labute approximate surface area is 147 Å². The molecule has 5 nitrogen and oxygen atoms in total. The number of nitrogens with zero attached hydrogens (tertiary/aromatic N) is 2. The molecule has 0 aliphatic heterocycles. The largest absolute Gasteiger partial charge is 0.306 e. The van der Waals surface area contributed by atoms with Gasteiger partial charge in [0.1, 0.15) is 9.23 Å². The van der Waals surface area contributed by atoms with E-state index >= 15 is 0 Å². The molecule has 120 valence electrons. The first-order chi connectivity index (χ1) is 11.0. The van der Waals surface area contributed by atoms with Gasteiger partial charge in [0, 0.05) is 24.6 Å². The summed E-state index contributed by atoms with van der Waals surface area (Å²) in [6.45, 7) is 0.163. The highest BCUT2D eigenvalue weighted by Gasteiger charge is 2.20. The second-order valence-corrected chi connectivity index (χ2v) is 8.67. The van der Waals surface area contributed by atoms with E-state index in [1.54, 1.807) is 12.5 Å².